The van der Waals surface area contributed by atoms with Crippen LogP contribution in [-0.4, -0.2) is 42.0 Å². The van der Waals surface area contributed by atoms with Crippen LogP contribution >= 0.6 is 23.7 Å². The summed E-state index contributed by atoms with van der Waals surface area (Å²) in [5.74, 6) is 0.0808. The molecule has 1 saturated heterocycles. The van der Waals surface area contributed by atoms with Crippen LogP contribution in [0.3, 0.4) is 0 Å². The van der Waals surface area contributed by atoms with E-state index in [4.69, 9.17) is 0 Å². The summed E-state index contributed by atoms with van der Waals surface area (Å²) in [6, 6.07) is 8.47. The number of halogens is 1. The zero-order valence-electron chi connectivity index (χ0n) is 14.4. The number of nitrogens with zero attached hydrogens (tertiary/aromatic N) is 2. The SMILES string of the molecule is CCc1ccc(CNC(=O)CN2CCNCC2c2cccnc2)s1.Cl. The molecule has 0 spiro atoms. The van der Waals surface area contributed by atoms with Crippen molar-refractivity contribution in [1.82, 2.24) is 20.5 Å². The predicted molar refractivity (Wildman–Crippen MR) is 104 cm³/mol. The van der Waals surface area contributed by atoms with Crippen molar-refractivity contribution >= 4 is 29.7 Å². The second-order valence-corrected chi connectivity index (χ2v) is 7.23. The molecule has 0 aromatic carbocycles. The van der Waals surface area contributed by atoms with Crippen LogP contribution in [0.15, 0.2) is 36.7 Å². The minimum Gasteiger partial charge on any atom is -0.350 e. The van der Waals surface area contributed by atoms with Gasteiger partial charge in [0, 0.05) is 47.8 Å². The first-order valence-corrected chi connectivity index (χ1v) is 9.27. The molecule has 25 heavy (non-hydrogen) atoms. The van der Waals surface area contributed by atoms with E-state index >= 15 is 0 Å². The summed E-state index contributed by atoms with van der Waals surface area (Å²) < 4.78 is 0. The summed E-state index contributed by atoms with van der Waals surface area (Å²) in [5.41, 5.74) is 1.16. The molecule has 1 aliphatic rings. The van der Waals surface area contributed by atoms with Gasteiger partial charge >= 0.3 is 0 Å². The number of amides is 1. The maximum atomic E-state index is 12.4. The molecule has 7 heteroatoms. The lowest BCUT2D eigenvalue weighted by atomic mass is 10.1. The smallest absolute Gasteiger partial charge is 0.234 e. The zero-order chi connectivity index (χ0) is 16.8. The normalized spacial score (nSPS) is 17.7. The van der Waals surface area contributed by atoms with Gasteiger partial charge in [0.1, 0.15) is 0 Å². The number of hydrogen-bond acceptors (Lipinski definition) is 5. The Balaban J connectivity index is 0.00000225. The summed E-state index contributed by atoms with van der Waals surface area (Å²) in [5, 5.41) is 6.45. The molecular weight excluding hydrogens is 356 g/mol. The highest BCUT2D eigenvalue weighted by Crippen LogP contribution is 2.21. The Bertz CT molecular complexity index is 664. The fraction of sp³-hybridized carbons (Fsp3) is 0.444. The molecule has 136 valence electrons. The first kappa shape index (κ1) is 19.8. The second kappa shape index (κ2) is 9.87. The lowest BCUT2D eigenvalue weighted by Gasteiger charge is -2.35. The van der Waals surface area contributed by atoms with Crippen LogP contribution in [0.2, 0.25) is 0 Å². The van der Waals surface area contributed by atoms with Crippen LogP contribution in [0, 0.1) is 0 Å². The van der Waals surface area contributed by atoms with Crippen LogP contribution < -0.4 is 10.6 Å². The van der Waals surface area contributed by atoms with E-state index in [2.05, 4.69) is 45.6 Å². The third-order valence-corrected chi connectivity index (χ3v) is 5.53. The minimum atomic E-state index is 0. The van der Waals surface area contributed by atoms with Gasteiger partial charge in [-0.05, 0) is 30.2 Å². The van der Waals surface area contributed by atoms with E-state index in [1.165, 1.54) is 9.75 Å². The molecule has 0 aliphatic carbocycles. The highest BCUT2D eigenvalue weighted by atomic mass is 35.5. The van der Waals surface area contributed by atoms with E-state index in [1.54, 1.807) is 17.5 Å². The van der Waals surface area contributed by atoms with Gasteiger partial charge < -0.3 is 10.6 Å². The molecule has 1 fully saturated rings. The Morgan fingerprint density at radius 2 is 2.24 bits per heavy atom. The largest absolute Gasteiger partial charge is 0.350 e. The number of rotatable bonds is 6. The van der Waals surface area contributed by atoms with Gasteiger partial charge in [-0.15, -0.1) is 23.7 Å². The standard InChI is InChI=1S/C18H24N4OS.ClH/c1-2-15-5-6-16(24-15)11-21-18(23)13-22-9-8-20-12-17(22)14-4-3-7-19-10-14;/h3-7,10,17,20H,2,8-9,11-13H2,1H3,(H,21,23);1H. The number of carbonyl (C=O) groups excluding carboxylic acids is 1. The van der Waals surface area contributed by atoms with Gasteiger partial charge in [-0.3, -0.25) is 14.7 Å². The Hall–Kier alpha value is -1.47. The predicted octanol–water partition coefficient (Wildman–Crippen LogP) is 2.39. The number of aryl methyl sites for hydroxylation is 1. The zero-order valence-corrected chi connectivity index (χ0v) is 16.0. The highest BCUT2D eigenvalue weighted by molar-refractivity contribution is 7.11. The summed E-state index contributed by atoms with van der Waals surface area (Å²) in [6.07, 6.45) is 4.72. The lowest BCUT2D eigenvalue weighted by molar-refractivity contribution is -0.123. The van der Waals surface area contributed by atoms with Crippen molar-refractivity contribution in [3.8, 4) is 0 Å². The van der Waals surface area contributed by atoms with Crippen molar-refractivity contribution < 1.29 is 4.79 Å². The molecule has 1 aliphatic heterocycles. The number of piperazine rings is 1. The fourth-order valence-corrected chi connectivity index (χ4v) is 3.87. The molecule has 1 unspecified atom stereocenters. The third kappa shape index (κ3) is 5.51. The molecule has 1 amide bonds. The molecule has 3 rings (SSSR count). The third-order valence-electron chi connectivity index (χ3n) is 4.30. The molecule has 0 saturated carbocycles. The van der Waals surface area contributed by atoms with Crippen LogP contribution in [0.25, 0.3) is 0 Å². The van der Waals surface area contributed by atoms with E-state index in [1.807, 2.05) is 12.3 Å². The molecule has 3 heterocycles. The maximum absolute atomic E-state index is 12.4. The molecule has 5 nitrogen and oxygen atoms in total. The maximum Gasteiger partial charge on any atom is 0.234 e. The molecule has 1 atom stereocenters. The molecule has 2 aromatic heterocycles. The van der Waals surface area contributed by atoms with Gasteiger partial charge in [-0.1, -0.05) is 13.0 Å². The van der Waals surface area contributed by atoms with Crippen LogP contribution in [0.5, 0.6) is 0 Å². The minimum absolute atomic E-state index is 0. The van der Waals surface area contributed by atoms with Crippen molar-refractivity contribution in [2.45, 2.75) is 25.9 Å². The van der Waals surface area contributed by atoms with Gasteiger partial charge in [0.05, 0.1) is 13.1 Å². The number of carbonyl (C=O) groups is 1. The lowest BCUT2D eigenvalue weighted by Crippen LogP contribution is -2.49. The Morgan fingerprint density at radius 3 is 2.96 bits per heavy atom. The van der Waals surface area contributed by atoms with Gasteiger partial charge in [0.25, 0.3) is 0 Å². The van der Waals surface area contributed by atoms with E-state index in [9.17, 15) is 4.79 Å². The Morgan fingerprint density at radius 1 is 1.40 bits per heavy atom. The van der Waals surface area contributed by atoms with E-state index in [0.29, 0.717) is 13.1 Å². The van der Waals surface area contributed by atoms with Crippen LogP contribution in [0.1, 0.15) is 28.3 Å². The molecule has 0 bridgehead atoms. The molecule has 0 radical (unpaired) electrons. The second-order valence-electron chi connectivity index (χ2n) is 5.98. The summed E-state index contributed by atoms with van der Waals surface area (Å²) in [4.78, 5) is 21.4. The van der Waals surface area contributed by atoms with Gasteiger partial charge in [-0.2, -0.15) is 0 Å². The number of aromatic nitrogens is 1. The topological polar surface area (TPSA) is 57.3 Å². The van der Waals surface area contributed by atoms with Crippen molar-refractivity contribution in [3.05, 3.63) is 52.0 Å². The van der Waals surface area contributed by atoms with Crippen molar-refractivity contribution in [1.29, 1.82) is 0 Å². The first-order chi connectivity index (χ1) is 11.8. The average molecular weight is 381 g/mol. The molecule has 2 aromatic rings. The summed E-state index contributed by atoms with van der Waals surface area (Å²) >= 11 is 1.77. The summed E-state index contributed by atoms with van der Waals surface area (Å²) in [6.45, 7) is 5.82. The number of thiophene rings is 1. The highest BCUT2D eigenvalue weighted by Gasteiger charge is 2.25. The number of nitrogens with one attached hydrogen (secondary N) is 2. The van der Waals surface area contributed by atoms with Gasteiger partial charge in [-0.25, -0.2) is 0 Å². The van der Waals surface area contributed by atoms with Gasteiger partial charge in [0.15, 0.2) is 0 Å². The number of hydrogen-bond donors (Lipinski definition) is 2. The summed E-state index contributed by atoms with van der Waals surface area (Å²) in [7, 11) is 0. The van der Waals surface area contributed by atoms with E-state index < -0.39 is 0 Å². The van der Waals surface area contributed by atoms with E-state index in [0.717, 1.165) is 31.6 Å². The van der Waals surface area contributed by atoms with Crippen molar-refractivity contribution in [2.75, 3.05) is 26.2 Å². The van der Waals surface area contributed by atoms with Crippen molar-refractivity contribution in [3.63, 3.8) is 0 Å². The number of pyridine rings is 1. The average Bonchev–Trinajstić information content (AvgIpc) is 3.09. The van der Waals surface area contributed by atoms with Crippen molar-refractivity contribution in [2.24, 2.45) is 0 Å². The fourth-order valence-electron chi connectivity index (χ4n) is 2.97. The molecular formula is C18H25ClN4OS. The quantitative estimate of drug-likeness (QED) is 0.807. The van der Waals surface area contributed by atoms with Crippen LogP contribution in [-0.2, 0) is 17.8 Å². The Kier molecular flexibility index (Phi) is 7.84. The Labute approximate surface area is 159 Å². The first-order valence-electron chi connectivity index (χ1n) is 8.45. The van der Waals surface area contributed by atoms with E-state index in [-0.39, 0.29) is 24.4 Å². The van der Waals surface area contributed by atoms with Gasteiger partial charge in [0.2, 0.25) is 5.91 Å². The molecule has 2 N–H and O–H groups in total. The van der Waals surface area contributed by atoms with Crippen LogP contribution in [0.4, 0.5) is 0 Å². The monoisotopic (exact) mass is 380 g/mol.